The minimum atomic E-state index is -1.00. The molecule has 0 radical (unpaired) electrons. The van der Waals surface area contributed by atoms with Crippen LogP contribution >= 0.6 is 21.6 Å². The van der Waals surface area contributed by atoms with Crippen LogP contribution in [0.3, 0.4) is 0 Å². The maximum atomic E-state index is 12.0. The standard InChI is InChI=1S/C16H21N3O6S2/c20-12-3-1-11(2-4-12)15(19-25)16(24)18-8-10-27-26-9-7-17-13(21)5-6-14(22)23/h1-4,20,25H,5-10H2,(H,17,21)(H,18,24)(H,22,23)/b19-15-. The number of carbonyl (C=O) groups excluding carboxylic acids is 2. The molecule has 1 aromatic rings. The normalized spacial score (nSPS) is 11.0. The summed E-state index contributed by atoms with van der Waals surface area (Å²) < 4.78 is 0. The van der Waals surface area contributed by atoms with Gasteiger partial charge in [0.15, 0.2) is 5.71 Å². The lowest BCUT2D eigenvalue weighted by Gasteiger charge is -2.07. The number of phenolic OH excluding ortho intramolecular Hbond substituents is 1. The van der Waals surface area contributed by atoms with E-state index in [0.717, 1.165) is 0 Å². The molecule has 11 heteroatoms. The van der Waals surface area contributed by atoms with Crippen molar-refractivity contribution in [2.45, 2.75) is 12.8 Å². The molecule has 2 amide bonds. The highest BCUT2D eigenvalue weighted by atomic mass is 33.1. The zero-order valence-electron chi connectivity index (χ0n) is 14.4. The summed E-state index contributed by atoms with van der Waals surface area (Å²) in [5, 5.41) is 35.0. The number of rotatable bonds is 12. The number of nitrogens with one attached hydrogen (secondary N) is 2. The average molecular weight is 415 g/mol. The van der Waals surface area contributed by atoms with E-state index < -0.39 is 11.9 Å². The van der Waals surface area contributed by atoms with Crippen LogP contribution in [0.5, 0.6) is 5.75 Å². The fourth-order valence-corrected chi connectivity index (χ4v) is 3.62. The van der Waals surface area contributed by atoms with Gasteiger partial charge in [-0.2, -0.15) is 0 Å². The molecule has 0 aliphatic carbocycles. The SMILES string of the molecule is O=C(O)CCC(=O)NCCSSCCNC(=O)/C(=N\O)c1ccc(O)cc1. The molecule has 0 bridgehead atoms. The molecule has 0 fully saturated rings. The molecule has 148 valence electrons. The van der Waals surface area contributed by atoms with Gasteiger partial charge in [0.1, 0.15) is 5.75 Å². The molecule has 0 atom stereocenters. The molecule has 0 aromatic heterocycles. The van der Waals surface area contributed by atoms with Gasteiger partial charge in [0, 0.05) is 36.6 Å². The second kappa shape index (κ2) is 12.9. The minimum absolute atomic E-state index is 0.0328. The molecule has 9 nitrogen and oxygen atoms in total. The van der Waals surface area contributed by atoms with Crippen molar-refractivity contribution < 1.29 is 29.8 Å². The molecule has 0 heterocycles. The van der Waals surface area contributed by atoms with Crippen LogP contribution < -0.4 is 10.6 Å². The number of nitrogens with zero attached hydrogens (tertiary/aromatic N) is 1. The second-order valence-corrected chi connectivity index (χ2v) is 7.84. The Balaban J connectivity index is 2.13. The number of benzene rings is 1. The van der Waals surface area contributed by atoms with Gasteiger partial charge in [-0.25, -0.2) is 0 Å². The highest BCUT2D eigenvalue weighted by molar-refractivity contribution is 8.76. The summed E-state index contributed by atoms with van der Waals surface area (Å²) in [6, 6.07) is 5.72. The molecule has 0 unspecified atom stereocenters. The number of aliphatic carboxylic acids is 1. The van der Waals surface area contributed by atoms with E-state index in [1.54, 1.807) is 0 Å². The summed E-state index contributed by atoms with van der Waals surface area (Å²) in [7, 11) is 3.01. The first-order chi connectivity index (χ1) is 12.9. The number of amides is 2. The van der Waals surface area contributed by atoms with Crippen LogP contribution in [0, 0.1) is 0 Å². The molecule has 0 aliphatic rings. The Morgan fingerprint density at radius 3 is 2.11 bits per heavy atom. The topological polar surface area (TPSA) is 148 Å². The van der Waals surface area contributed by atoms with Crippen LogP contribution in [0.2, 0.25) is 0 Å². The van der Waals surface area contributed by atoms with Crippen molar-refractivity contribution in [2.75, 3.05) is 24.6 Å². The first-order valence-electron chi connectivity index (χ1n) is 7.96. The predicted octanol–water partition coefficient (Wildman–Crippen LogP) is 1.05. The Morgan fingerprint density at radius 1 is 0.963 bits per heavy atom. The van der Waals surface area contributed by atoms with Gasteiger partial charge in [0.25, 0.3) is 5.91 Å². The number of oxime groups is 1. The molecular formula is C16H21N3O6S2. The van der Waals surface area contributed by atoms with Crippen molar-refractivity contribution in [3.63, 3.8) is 0 Å². The van der Waals surface area contributed by atoms with Crippen molar-refractivity contribution in [2.24, 2.45) is 5.16 Å². The van der Waals surface area contributed by atoms with Crippen LogP contribution in [-0.4, -0.2) is 63.5 Å². The summed E-state index contributed by atoms with van der Waals surface area (Å²) in [6.45, 7) is 0.795. The van der Waals surface area contributed by atoms with Crippen molar-refractivity contribution in [1.82, 2.24) is 10.6 Å². The number of hydrogen-bond donors (Lipinski definition) is 5. The molecule has 0 saturated heterocycles. The van der Waals surface area contributed by atoms with E-state index in [0.29, 0.717) is 30.2 Å². The van der Waals surface area contributed by atoms with Gasteiger partial charge in [-0.15, -0.1) is 0 Å². The monoisotopic (exact) mass is 415 g/mol. The molecule has 5 N–H and O–H groups in total. The average Bonchev–Trinajstić information content (AvgIpc) is 2.64. The van der Waals surface area contributed by atoms with Crippen LogP contribution in [0.1, 0.15) is 18.4 Å². The number of carboxylic acids is 1. The third-order valence-electron chi connectivity index (χ3n) is 3.08. The van der Waals surface area contributed by atoms with E-state index >= 15 is 0 Å². The summed E-state index contributed by atoms with van der Waals surface area (Å²) in [5.41, 5.74) is 0.241. The van der Waals surface area contributed by atoms with Gasteiger partial charge in [-0.3, -0.25) is 14.4 Å². The maximum absolute atomic E-state index is 12.0. The Labute approximate surface area is 164 Å². The van der Waals surface area contributed by atoms with Crippen molar-refractivity contribution >= 4 is 45.1 Å². The Hall–Kier alpha value is -2.40. The number of carbonyl (C=O) groups is 3. The van der Waals surface area contributed by atoms with E-state index in [-0.39, 0.29) is 30.2 Å². The fraction of sp³-hybridized carbons (Fsp3) is 0.375. The van der Waals surface area contributed by atoms with Crippen LogP contribution in [0.15, 0.2) is 29.4 Å². The Morgan fingerprint density at radius 2 is 1.56 bits per heavy atom. The molecular weight excluding hydrogens is 394 g/mol. The summed E-state index contributed by atoms with van der Waals surface area (Å²) in [5.74, 6) is -0.522. The van der Waals surface area contributed by atoms with Gasteiger partial charge in [0.05, 0.1) is 6.42 Å². The van der Waals surface area contributed by atoms with Crippen LogP contribution in [0.4, 0.5) is 0 Å². The highest BCUT2D eigenvalue weighted by Crippen LogP contribution is 2.19. The first kappa shape index (κ1) is 22.6. The maximum Gasteiger partial charge on any atom is 0.303 e. The zero-order chi connectivity index (χ0) is 20.1. The Kier molecular flexibility index (Phi) is 10.8. The minimum Gasteiger partial charge on any atom is -0.508 e. The van der Waals surface area contributed by atoms with E-state index in [1.165, 1.54) is 45.9 Å². The van der Waals surface area contributed by atoms with E-state index in [2.05, 4.69) is 15.8 Å². The molecule has 0 spiro atoms. The molecule has 0 aliphatic heterocycles. The smallest absolute Gasteiger partial charge is 0.303 e. The largest absolute Gasteiger partial charge is 0.508 e. The third kappa shape index (κ3) is 9.75. The molecule has 1 rings (SSSR count). The van der Waals surface area contributed by atoms with Gasteiger partial charge in [-0.05, 0) is 24.3 Å². The number of phenols is 1. The zero-order valence-corrected chi connectivity index (χ0v) is 16.0. The van der Waals surface area contributed by atoms with Gasteiger partial charge < -0.3 is 26.1 Å². The van der Waals surface area contributed by atoms with Crippen LogP contribution in [0.25, 0.3) is 0 Å². The van der Waals surface area contributed by atoms with Crippen LogP contribution in [-0.2, 0) is 14.4 Å². The Bertz CT molecular complexity index is 667. The molecule has 0 saturated carbocycles. The van der Waals surface area contributed by atoms with E-state index in [1.807, 2.05) is 0 Å². The number of hydrogen-bond acceptors (Lipinski definition) is 8. The highest BCUT2D eigenvalue weighted by Gasteiger charge is 2.14. The summed E-state index contributed by atoms with van der Waals surface area (Å²) in [4.78, 5) is 33.6. The summed E-state index contributed by atoms with van der Waals surface area (Å²) >= 11 is 0. The van der Waals surface area contributed by atoms with Gasteiger partial charge in [-0.1, -0.05) is 26.7 Å². The first-order valence-corrected chi connectivity index (χ1v) is 10.5. The van der Waals surface area contributed by atoms with Gasteiger partial charge >= 0.3 is 5.97 Å². The third-order valence-corrected chi connectivity index (χ3v) is 5.49. The lowest BCUT2D eigenvalue weighted by molar-refractivity contribution is -0.138. The number of aromatic hydroxyl groups is 1. The van der Waals surface area contributed by atoms with Crippen molar-refractivity contribution in [3.8, 4) is 5.75 Å². The molecule has 1 aromatic carbocycles. The van der Waals surface area contributed by atoms with Crippen molar-refractivity contribution in [1.29, 1.82) is 0 Å². The van der Waals surface area contributed by atoms with E-state index in [9.17, 15) is 19.5 Å². The lowest BCUT2D eigenvalue weighted by atomic mass is 10.1. The number of carboxylic acid groups (broad SMARTS) is 1. The quantitative estimate of drug-likeness (QED) is 0.112. The van der Waals surface area contributed by atoms with Gasteiger partial charge in [0.2, 0.25) is 5.91 Å². The summed E-state index contributed by atoms with van der Waals surface area (Å²) in [6.07, 6.45) is -0.217. The second-order valence-electron chi connectivity index (χ2n) is 5.14. The van der Waals surface area contributed by atoms with E-state index in [4.69, 9.17) is 10.3 Å². The fourth-order valence-electron chi connectivity index (χ4n) is 1.80. The van der Waals surface area contributed by atoms with Crippen molar-refractivity contribution in [3.05, 3.63) is 29.8 Å². The lowest BCUT2D eigenvalue weighted by Crippen LogP contribution is -2.33. The predicted molar refractivity (Wildman–Crippen MR) is 104 cm³/mol. The molecule has 27 heavy (non-hydrogen) atoms.